The fraction of sp³-hybridized carbons (Fsp3) is 0.214. The lowest BCUT2D eigenvalue weighted by Crippen LogP contribution is -2.10. The third kappa shape index (κ3) is 2.92. The van der Waals surface area contributed by atoms with Crippen LogP contribution in [-0.2, 0) is 0 Å². The van der Waals surface area contributed by atoms with E-state index in [0.717, 1.165) is 0 Å². The predicted molar refractivity (Wildman–Crippen MR) is 75.0 cm³/mol. The Morgan fingerprint density at radius 2 is 2.11 bits per heavy atom. The molecule has 0 unspecified atom stereocenters. The van der Waals surface area contributed by atoms with Crippen molar-refractivity contribution in [3.8, 4) is 5.75 Å². The van der Waals surface area contributed by atoms with Gasteiger partial charge in [-0.25, -0.2) is 0 Å². The van der Waals surface area contributed by atoms with Gasteiger partial charge in [0.15, 0.2) is 0 Å². The molecule has 18 heavy (non-hydrogen) atoms. The lowest BCUT2D eigenvalue weighted by atomic mass is 10.1. The van der Waals surface area contributed by atoms with E-state index in [1.54, 1.807) is 24.3 Å². The summed E-state index contributed by atoms with van der Waals surface area (Å²) in [6.45, 7) is 3.85. The minimum Gasteiger partial charge on any atom is -0.490 e. The first-order valence-corrected chi connectivity index (χ1v) is 6.88. The van der Waals surface area contributed by atoms with E-state index in [-0.39, 0.29) is 11.9 Å². The second kappa shape index (κ2) is 5.55. The predicted octanol–water partition coefficient (Wildman–Crippen LogP) is 4.42. The monoisotopic (exact) mass is 280 g/mol. The third-order valence-electron chi connectivity index (χ3n) is 2.29. The van der Waals surface area contributed by atoms with E-state index < -0.39 is 0 Å². The number of carbonyl (C=O) groups is 1. The van der Waals surface area contributed by atoms with Crippen molar-refractivity contribution in [3.63, 3.8) is 0 Å². The Balaban J connectivity index is 2.41. The van der Waals surface area contributed by atoms with E-state index in [1.807, 2.05) is 25.3 Å². The van der Waals surface area contributed by atoms with Crippen LogP contribution in [0.25, 0.3) is 0 Å². The first kappa shape index (κ1) is 13.1. The first-order valence-electron chi connectivity index (χ1n) is 5.62. The summed E-state index contributed by atoms with van der Waals surface area (Å²) in [6.07, 6.45) is 0.0149. The third-order valence-corrected chi connectivity index (χ3v) is 3.40. The van der Waals surface area contributed by atoms with Crippen molar-refractivity contribution in [2.75, 3.05) is 0 Å². The highest BCUT2D eigenvalue weighted by atomic mass is 35.5. The highest BCUT2D eigenvalue weighted by Gasteiger charge is 2.16. The Morgan fingerprint density at radius 3 is 2.72 bits per heavy atom. The average molecular weight is 281 g/mol. The molecule has 0 saturated carbocycles. The first-order chi connectivity index (χ1) is 8.58. The van der Waals surface area contributed by atoms with Gasteiger partial charge in [0.1, 0.15) is 5.75 Å². The van der Waals surface area contributed by atoms with Crippen LogP contribution in [0.3, 0.4) is 0 Å². The average Bonchev–Trinajstić information content (AvgIpc) is 2.83. The molecule has 0 aliphatic carbocycles. The summed E-state index contributed by atoms with van der Waals surface area (Å²) >= 11 is 7.37. The summed E-state index contributed by atoms with van der Waals surface area (Å²) in [5.74, 6) is 0.524. The fourth-order valence-electron chi connectivity index (χ4n) is 1.58. The standard InChI is InChI=1S/C14H13ClO2S/c1-9(2)17-12-6-5-10(15)8-11(12)14(16)13-4-3-7-18-13/h3-9H,1-2H3. The Hall–Kier alpha value is -1.32. The molecule has 0 bridgehead atoms. The number of hydrogen-bond donors (Lipinski definition) is 0. The van der Waals surface area contributed by atoms with Gasteiger partial charge >= 0.3 is 0 Å². The summed E-state index contributed by atoms with van der Waals surface area (Å²) in [5, 5.41) is 2.41. The van der Waals surface area contributed by atoms with Crippen molar-refractivity contribution in [1.82, 2.24) is 0 Å². The maximum Gasteiger partial charge on any atom is 0.206 e. The lowest BCUT2D eigenvalue weighted by molar-refractivity contribution is 0.103. The van der Waals surface area contributed by atoms with Gasteiger partial charge in [-0.3, -0.25) is 4.79 Å². The number of halogens is 1. The molecule has 0 atom stereocenters. The Morgan fingerprint density at radius 1 is 1.33 bits per heavy atom. The molecule has 94 valence electrons. The number of thiophene rings is 1. The zero-order chi connectivity index (χ0) is 13.1. The lowest BCUT2D eigenvalue weighted by Gasteiger charge is -2.13. The quantitative estimate of drug-likeness (QED) is 0.775. The van der Waals surface area contributed by atoms with Crippen LogP contribution < -0.4 is 4.74 Å². The number of hydrogen-bond acceptors (Lipinski definition) is 3. The number of ketones is 1. The molecule has 0 saturated heterocycles. The van der Waals surface area contributed by atoms with Crippen LogP contribution in [0.2, 0.25) is 5.02 Å². The number of ether oxygens (including phenoxy) is 1. The molecular formula is C14H13ClO2S. The molecule has 0 spiro atoms. The molecule has 1 heterocycles. The van der Waals surface area contributed by atoms with Crippen LogP contribution in [0.4, 0.5) is 0 Å². The molecule has 1 aromatic carbocycles. The topological polar surface area (TPSA) is 26.3 Å². The zero-order valence-corrected chi connectivity index (χ0v) is 11.7. The summed E-state index contributed by atoms with van der Waals surface area (Å²) < 4.78 is 5.64. The summed E-state index contributed by atoms with van der Waals surface area (Å²) in [4.78, 5) is 13.0. The van der Waals surface area contributed by atoms with Crippen molar-refractivity contribution < 1.29 is 9.53 Å². The van der Waals surface area contributed by atoms with Gasteiger partial charge in [0.25, 0.3) is 0 Å². The van der Waals surface area contributed by atoms with Crippen molar-refractivity contribution in [2.24, 2.45) is 0 Å². The minimum absolute atomic E-state index is 0.0149. The molecule has 0 aliphatic rings. The van der Waals surface area contributed by atoms with Crippen molar-refractivity contribution in [2.45, 2.75) is 20.0 Å². The maximum absolute atomic E-state index is 12.3. The van der Waals surface area contributed by atoms with Crippen molar-refractivity contribution in [1.29, 1.82) is 0 Å². The highest BCUT2D eigenvalue weighted by molar-refractivity contribution is 7.12. The van der Waals surface area contributed by atoms with Crippen LogP contribution in [0.15, 0.2) is 35.7 Å². The maximum atomic E-state index is 12.3. The van der Waals surface area contributed by atoms with Crippen LogP contribution in [0.1, 0.15) is 29.1 Å². The second-order valence-corrected chi connectivity index (χ2v) is 5.50. The smallest absolute Gasteiger partial charge is 0.206 e. The molecule has 0 fully saturated rings. The van der Waals surface area contributed by atoms with Gasteiger partial charge < -0.3 is 4.74 Å². The normalized spacial score (nSPS) is 10.7. The van der Waals surface area contributed by atoms with Gasteiger partial charge in [0.2, 0.25) is 5.78 Å². The molecule has 2 nitrogen and oxygen atoms in total. The zero-order valence-electron chi connectivity index (χ0n) is 10.1. The second-order valence-electron chi connectivity index (χ2n) is 4.11. The summed E-state index contributed by atoms with van der Waals surface area (Å²) in [5.41, 5.74) is 0.513. The fourth-order valence-corrected chi connectivity index (χ4v) is 2.43. The van der Waals surface area contributed by atoms with E-state index in [2.05, 4.69) is 0 Å². The summed E-state index contributed by atoms with van der Waals surface area (Å²) in [6, 6.07) is 8.77. The highest BCUT2D eigenvalue weighted by Crippen LogP contribution is 2.27. The van der Waals surface area contributed by atoms with Crippen LogP contribution in [0, 0.1) is 0 Å². The molecular weight excluding hydrogens is 268 g/mol. The molecule has 0 radical (unpaired) electrons. The molecule has 0 amide bonds. The Kier molecular flexibility index (Phi) is 4.04. The van der Waals surface area contributed by atoms with Gasteiger partial charge in [-0.2, -0.15) is 0 Å². The van der Waals surface area contributed by atoms with Crippen molar-refractivity contribution in [3.05, 3.63) is 51.2 Å². The van der Waals surface area contributed by atoms with Gasteiger partial charge in [-0.1, -0.05) is 17.7 Å². The van der Waals surface area contributed by atoms with E-state index in [9.17, 15) is 4.79 Å². The van der Waals surface area contributed by atoms with Crippen LogP contribution in [0.5, 0.6) is 5.75 Å². The van der Waals surface area contributed by atoms with Gasteiger partial charge in [0.05, 0.1) is 16.5 Å². The number of benzene rings is 1. The van der Waals surface area contributed by atoms with Crippen LogP contribution >= 0.6 is 22.9 Å². The van der Waals surface area contributed by atoms with E-state index in [1.165, 1.54) is 11.3 Å². The minimum atomic E-state index is -0.0526. The SMILES string of the molecule is CC(C)Oc1ccc(Cl)cc1C(=O)c1cccs1. The molecule has 1 aromatic heterocycles. The summed E-state index contributed by atoms with van der Waals surface area (Å²) in [7, 11) is 0. The van der Waals surface area contributed by atoms with E-state index >= 15 is 0 Å². The molecule has 2 rings (SSSR count). The molecule has 4 heteroatoms. The molecule has 0 aliphatic heterocycles. The Labute approximate surface area is 115 Å². The van der Waals surface area contributed by atoms with Gasteiger partial charge in [-0.15, -0.1) is 11.3 Å². The van der Waals surface area contributed by atoms with Crippen molar-refractivity contribution >= 4 is 28.7 Å². The molecule has 0 N–H and O–H groups in total. The van der Waals surface area contributed by atoms with E-state index in [4.69, 9.17) is 16.3 Å². The van der Waals surface area contributed by atoms with E-state index in [0.29, 0.717) is 21.2 Å². The van der Waals surface area contributed by atoms with Gasteiger partial charge in [-0.05, 0) is 43.5 Å². The van der Waals surface area contributed by atoms with Gasteiger partial charge in [0, 0.05) is 5.02 Å². The number of carbonyl (C=O) groups excluding carboxylic acids is 1. The molecule has 2 aromatic rings. The van der Waals surface area contributed by atoms with Crippen LogP contribution in [-0.4, -0.2) is 11.9 Å². The largest absolute Gasteiger partial charge is 0.490 e. The number of rotatable bonds is 4. The Bertz CT molecular complexity index is 547.